The van der Waals surface area contributed by atoms with Crippen LogP contribution in [0.15, 0.2) is 48.5 Å². The smallest absolute Gasteiger partial charge is 0.227 e. The lowest BCUT2D eigenvalue weighted by atomic mass is 9.94. The summed E-state index contributed by atoms with van der Waals surface area (Å²) >= 11 is 0. The van der Waals surface area contributed by atoms with E-state index in [0.29, 0.717) is 24.1 Å². The van der Waals surface area contributed by atoms with Gasteiger partial charge in [-0.1, -0.05) is 24.3 Å². The summed E-state index contributed by atoms with van der Waals surface area (Å²) in [6.45, 7) is 0.675. The van der Waals surface area contributed by atoms with Gasteiger partial charge < -0.3 is 10.2 Å². The van der Waals surface area contributed by atoms with E-state index < -0.39 is 5.54 Å². The third-order valence-electron chi connectivity index (χ3n) is 5.08. The molecule has 0 aliphatic carbocycles. The molecule has 5 nitrogen and oxygen atoms in total. The van der Waals surface area contributed by atoms with Gasteiger partial charge in [-0.2, -0.15) is 5.26 Å². The van der Waals surface area contributed by atoms with E-state index in [9.17, 15) is 23.6 Å². The van der Waals surface area contributed by atoms with E-state index >= 15 is 0 Å². The molecular formula is C22H21F2N3O2. The second kappa shape index (κ2) is 8.82. The Balaban J connectivity index is 1.62. The third kappa shape index (κ3) is 5.38. The van der Waals surface area contributed by atoms with Gasteiger partial charge in [0.25, 0.3) is 0 Å². The van der Waals surface area contributed by atoms with E-state index in [1.54, 1.807) is 29.2 Å². The Morgan fingerprint density at radius 1 is 1.00 bits per heavy atom. The van der Waals surface area contributed by atoms with Gasteiger partial charge in [-0.3, -0.25) is 9.59 Å². The lowest BCUT2D eigenvalue weighted by Crippen LogP contribution is -2.51. The van der Waals surface area contributed by atoms with Gasteiger partial charge in [0.2, 0.25) is 11.8 Å². The molecule has 0 saturated carbocycles. The molecule has 1 heterocycles. The maximum Gasteiger partial charge on any atom is 0.227 e. The number of hydrogen-bond acceptors (Lipinski definition) is 3. The van der Waals surface area contributed by atoms with Crippen LogP contribution in [0.2, 0.25) is 0 Å². The number of likely N-dealkylation sites (tertiary alicyclic amines) is 1. The zero-order chi connectivity index (χ0) is 20.9. The average molecular weight is 397 g/mol. The van der Waals surface area contributed by atoms with E-state index in [-0.39, 0.29) is 49.3 Å². The number of benzene rings is 2. The van der Waals surface area contributed by atoms with Crippen LogP contribution in [0.4, 0.5) is 8.78 Å². The van der Waals surface area contributed by atoms with Crippen molar-refractivity contribution in [1.29, 1.82) is 5.26 Å². The third-order valence-corrected chi connectivity index (χ3v) is 5.08. The highest BCUT2D eigenvalue weighted by Crippen LogP contribution is 2.26. The van der Waals surface area contributed by atoms with Crippen molar-refractivity contribution in [1.82, 2.24) is 10.2 Å². The number of nitriles is 1. The molecule has 1 unspecified atom stereocenters. The summed E-state index contributed by atoms with van der Waals surface area (Å²) < 4.78 is 26.0. The van der Waals surface area contributed by atoms with E-state index in [4.69, 9.17) is 0 Å². The number of carbonyl (C=O) groups excluding carboxylic acids is 2. The Bertz CT molecular complexity index is 923. The Morgan fingerprint density at radius 3 is 2.10 bits per heavy atom. The molecule has 2 aromatic rings. The topological polar surface area (TPSA) is 73.2 Å². The van der Waals surface area contributed by atoms with Crippen LogP contribution < -0.4 is 5.32 Å². The van der Waals surface area contributed by atoms with Crippen molar-refractivity contribution in [2.75, 3.05) is 13.1 Å². The maximum absolute atomic E-state index is 13.0. The molecule has 29 heavy (non-hydrogen) atoms. The van der Waals surface area contributed by atoms with Gasteiger partial charge >= 0.3 is 0 Å². The van der Waals surface area contributed by atoms with Crippen LogP contribution in [0.3, 0.4) is 0 Å². The van der Waals surface area contributed by atoms with E-state index in [1.165, 1.54) is 24.3 Å². The summed E-state index contributed by atoms with van der Waals surface area (Å²) in [6.07, 6.45) is 0.761. The number of hydrogen-bond donors (Lipinski definition) is 1. The number of nitrogens with zero attached hydrogens (tertiary/aromatic N) is 2. The molecule has 1 N–H and O–H groups in total. The molecule has 0 aromatic heterocycles. The molecule has 0 radical (unpaired) electrons. The second-order valence-electron chi connectivity index (χ2n) is 7.34. The van der Waals surface area contributed by atoms with Crippen molar-refractivity contribution in [2.45, 2.75) is 31.2 Å². The zero-order valence-corrected chi connectivity index (χ0v) is 15.8. The first-order valence-electron chi connectivity index (χ1n) is 9.34. The van der Waals surface area contributed by atoms with Crippen LogP contribution in [-0.4, -0.2) is 35.3 Å². The van der Waals surface area contributed by atoms with Crippen LogP contribution in [0.25, 0.3) is 0 Å². The van der Waals surface area contributed by atoms with Crippen LogP contribution >= 0.6 is 0 Å². The predicted octanol–water partition coefficient (Wildman–Crippen LogP) is 2.75. The number of amides is 2. The first kappa shape index (κ1) is 20.5. The molecule has 1 aliphatic heterocycles. The summed E-state index contributed by atoms with van der Waals surface area (Å²) in [5.74, 6) is -1.15. The van der Waals surface area contributed by atoms with Crippen LogP contribution in [0, 0.1) is 23.0 Å². The van der Waals surface area contributed by atoms with Crippen molar-refractivity contribution in [3.8, 4) is 6.07 Å². The monoisotopic (exact) mass is 397 g/mol. The highest BCUT2D eigenvalue weighted by Gasteiger charge is 2.41. The molecule has 2 aromatic carbocycles. The normalized spacial score (nSPS) is 18.3. The molecule has 0 spiro atoms. The van der Waals surface area contributed by atoms with E-state index in [1.807, 2.05) is 0 Å². The van der Waals surface area contributed by atoms with Gasteiger partial charge in [-0.25, -0.2) is 8.78 Å². The minimum absolute atomic E-state index is 0.0665. The Kier molecular flexibility index (Phi) is 6.23. The average Bonchev–Trinajstić information content (AvgIpc) is 3.09. The Labute approximate surface area is 167 Å². The number of nitrogens with one attached hydrogen (secondary N) is 1. The first-order chi connectivity index (χ1) is 13.9. The summed E-state index contributed by atoms with van der Waals surface area (Å²) in [5.41, 5.74) is 0.567. The fourth-order valence-corrected chi connectivity index (χ4v) is 3.54. The molecule has 1 saturated heterocycles. The fourth-order valence-electron chi connectivity index (χ4n) is 3.54. The first-order valence-corrected chi connectivity index (χ1v) is 9.34. The molecular weight excluding hydrogens is 376 g/mol. The largest absolute Gasteiger partial charge is 0.347 e. The lowest BCUT2D eigenvalue weighted by molar-refractivity contribution is -0.130. The van der Waals surface area contributed by atoms with Crippen molar-refractivity contribution in [3.63, 3.8) is 0 Å². The molecule has 3 rings (SSSR count). The van der Waals surface area contributed by atoms with Crippen molar-refractivity contribution in [3.05, 3.63) is 71.3 Å². The Morgan fingerprint density at radius 2 is 1.55 bits per heavy atom. The van der Waals surface area contributed by atoms with E-state index in [0.717, 1.165) is 0 Å². The van der Waals surface area contributed by atoms with Gasteiger partial charge in [0.15, 0.2) is 0 Å². The number of carbonyl (C=O) groups is 2. The van der Waals surface area contributed by atoms with E-state index in [2.05, 4.69) is 11.4 Å². The maximum atomic E-state index is 13.0. The molecule has 7 heteroatoms. The number of rotatable bonds is 6. The lowest BCUT2D eigenvalue weighted by Gasteiger charge is -2.28. The highest BCUT2D eigenvalue weighted by molar-refractivity contribution is 5.81. The molecule has 0 bridgehead atoms. The SMILES string of the molecule is N#CCC1(NC(=O)Cc2ccc(F)cc2)CCN(C(=O)Cc2ccc(F)cc2)C1. The van der Waals surface area contributed by atoms with Crippen molar-refractivity contribution < 1.29 is 18.4 Å². The highest BCUT2D eigenvalue weighted by atomic mass is 19.1. The molecule has 150 valence electrons. The predicted molar refractivity (Wildman–Crippen MR) is 103 cm³/mol. The van der Waals surface area contributed by atoms with Crippen molar-refractivity contribution in [2.24, 2.45) is 0 Å². The van der Waals surface area contributed by atoms with Crippen LogP contribution in [0.1, 0.15) is 24.0 Å². The Hall–Kier alpha value is -3.27. The molecule has 1 atom stereocenters. The van der Waals surface area contributed by atoms with Gasteiger partial charge in [0.1, 0.15) is 11.6 Å². The van der Waals surface area contributed by atoms with Gasteiger partial charge in [-0.05, 0) is 41.8 Å². The van der Waals surface area contributed by atoms with Gasteiger partial charge in [0.05, 0.1) is 30.9 Å². The van der Waals surface area contributed by atoms with Gasteiger partial charge in [0, 0.05) is 13.1 Å². The fraction of sp³-hybridized carbons (Fsp3) is 0.318. The second-order valence-corrected chi connectivity index (χ2v) is 7.34. The molecule has 2 amide bonds. The minimum atomic E-state index is -0.801. The van der Waals surface area contributed by atoms with Crippen LogP contribution in [0.5, 0.6) is 0 Å². The number of halogens is 2. The van der Waals surface area contributed by atoms with Crippen LogP contribution in [-0.2, 0) is 22.4 Å². The van der Waals surface area contributed by atoms with Gasteiger partial charge in [-0.15, -0.1) is 0 Å². The zero-order valence-electron chi connectivity index (χ0n) is 15.8. The minimum Gasteiger partial charge on any atom is -0.347 e. The summed E-state index contributed by atoms with van der Waals surface area (Å²) in [7, 11) is 0. The summed E-state index contributed by atoms with van der Waals surface area (Å²) in [4.78, 5) is 26.7. The standard InChI is InChI=1S/C22H21F2N3O2/c23-18-5-1-16(2-6-18)13-20(28)26-22(9-11-25)10-12-27(15-22)21(29)14-17-3-7-19(24)8-4-17/h1-8H,9-10,12-15H2,(H,26,28). The molecule has 1 fully saturated rings. The summed E-state index contributed by atoms with van der Waals surface area (Å²) in [6, 6.07) is 13.5. The molecule has 1 aliphatic rings. The van der Waals surface area contributed by atoms with Crippen molar-refractivity contribution >= 4 is 11.8 Å². The summed E-state index contributed by atoms with van der Waals surface area (Å²) in [5, 5.41) is 12.1. The quantitative estimate of drug-likeness (QED) is 0.815.